The van der Waals surface area contributed by atoms with E-state index in [9.17, 15) is 9.59 Å². The summed E-state index contributed by atoms with van der Waals surface area (Å²) < 4.78 is 0. The Labute approximate surface area is 107 Å². The molecular formula is C12H10BrNO3. The van der Waals surface area contributed by atoms with E-state index in [1.165, 1.54) is 6.92 Å². The van der Waals surface area contributed by atoms with Crippen LogP contribution in [0.15, 0.2) is 18.2 Å². The molecule has 0 heterocycles. The zero-order chi connectivity index (χ0) is 13.0. The van der Waals surface area contributed by atoms with E-state index < -0.39 is 10.8 Å². The van der Waals surface area contributed by atoms with E-state index in [-0.39, 0.29) is 12.2 Å². The van der Waals surface area contributed by atoms with Crippen LogP contribution in [-0.2, 0) is 16.0 Å². The number of carboxylic acid groups (broad SMARTS) is 1. The summed E-state index contributed by atoms with van der Waals surface area (Å²) in [5.41, 5.74) is 1.25. The Balaban J connectivity index is 3.35. The minimum atomic E-state index is -0.996. The van der Waals surface area contributed by atoms with Gasteiger partial charge in [-0.2, -0.15) is 5.26 Å². The van der Waals surface area contributed by atoms with Crippen molar-refractivity contribution in [2.45, 2.75) is 18.2 Å². The van der Waals surface area contributed by atoms with Gasteiger partial charge >= 0.3 is 5.97 Å². The summed E-state index contributed by atoms with van der Waals surface area (Å²) >= 11 is 3.19. The molecule has 17 heavy (non-hydrogen) atoms. The van der Waals surface area contributed by atoms with E-state index in [1.54, 1.807) is 18.2 Å². The van der Waals surface area contributed by atoms with Crippen LogP contribution in [0.4, 0.5) is 0 Å². The molecule has 0 aliphatic heterocycles. The fourth-order valence-corrected chi connectivity index (χ4v) is 2.07. The molecule has 0 aliphatic rings. The Kier molecular flexibility index (Phi) is 4.41. The number of nitrogens with zero attached hydrogens (tertiary/aromatic N) is 1. The van der Waals surface area contributed by atoms with Crippen LogP contribution in [0.3, 0.4) is 0 Å². The van der Waals surface area contributed by atoms with Crippen LogP contribution in [0, 0.1) is 11.3 Å². The Bertz CT molecular complexity index is 505. The first-order valence-electron chi connectivity index (χ1n) is 4.85. The summed E-state index contributed by atoms with van der Waals surface area (Å²) in [5, 5.41) is 17.8. The highest BCUT2D eigenvalue weighted by atomic mass is 79.9. The van der Waals surface area contributed by atoms with Gasteiger partial charge in [0.1, 0.15) is 5.78 Å². The molecular weight excluding hydrogens is 286 g/mol. The molecule has 0 fully saturated rings. The third-order valence-electron chi connectivity index (χ3n) is 2.27. The zero-order valence-electron chi connectivity index (χ0n) is 9.11. The number of aliphatic carboxylic acids is 1. The lowest BCUT2D eigenvalue weighted by atomic mass is 9.95. The zero-order valence-corrected chi connectivity index (χ0v) is 10.7. The number of carbonyl (C=O) groups is 2. The molecule has 1 unspecified atom stereocenters. The van der Waals surface area contributed by atoms with Gasteiger partial charge in [0.2, 0.25) is 0 Å². The lowest BCUT2D eigenvalue weighted by Crippen LogP contribution is -2.10. The number of ketones is 1. The highest BCUT2D eigenvalue weighted by Crippen LogP contribution is 2.30. The van der Waals surface area contributed by atoms with Crippen molar-refractivity contribution in [1.29, 1.82) is 5.26 Å². The summed E-state index contributed by atoms with van der Waals surface area (Å²) in [6.07, 6.45) is -0.208. The van der Waals surface area contributed by atoms with E-state index in [4.69, 9.17) is 10.4 Å². The summed E-state index contributed by atoms with van der Waals surface area (Å²) in [6.45, 7) is 1.39. The molecule has 1 N–H and O–H groups in total. The molecule has 1 aromatic rings. The van der Waals surface area contributed by atoms with Crippen molar-refractivity contribution in [3.8, 4) is 6.07 Å². The van der Waals surface area contributed by atoms with Gasteiger partial charge in [0.25, 0.3) is 0 Å². The largest absolute Gasteiger partial charge is 0.481 e. The summed E-state index contributed by atoms with van der Waals surface area (Å²) in [7, 11) is 0. The van der Waals surface area contributed by atoms with Crippen LogP contribution in [0.5, 0.6) is 0 Å². The normalized spacial score (nSPS) is 11.6. The van der Waals surface area contributed by atoms with Crippen LogP contribution in [0.2, 0.25) is 0 Å². The molecule has 0 saturated heterocycles. The second-order valence-corrected chi connectivity index (χ2v) is 4.45. The molecule has 1 aromatic carbocycles. The number of Topliss-reactive ketones (excluding diaryl/α,β-unsaturated/α-hetero) is 1. The monoisotopic (exact) mass is 295 g/mol. The first-order valence-corrected chi connectivity index (χ1v) is 5.77. The molecule has 0 aromatic heterocycles. The van der Waals surface area contributed by atoms with Crippen molar-refractivity contribution in [3.05, 3.63) is 34.9 Å². The van der Waals surface area contributed by atoms with Crippen molar-refractivity contribution in [3.63, 3.8) is 0 Å². The van der Waals surface area contributed by atoms with Gasteiger partial charge in [0.15, 0.2) is 0 Å². The predicted molar refractivity (Wildman–Crippen MR) is 64.8 cm³/mol. The summed E-state index contributed by atoms with van der Waals surface area (Å²) in [5.74, 6) is -1.16. The number of carbonyl (C=O) groups excluding carboxylic acids is 1. The number of rotatable bonds is 4. The summed E-state index contributed by atoms with van der Waals surface area (Å²) in [4.78, 5) is 21.4. The molecule has 4 nitrogen and oxygen atoms in total. The molecule has 0 saturated carbocycles. The molecule has 0 amide bonds. The van der Waals surface area contributed by atoms with Gasteiger partial charge in [-0.3, -0.25) is 9.59 Å². The van der Waals surface area contributed by atoms with Gasteiger partial charge in [-0.15, -0.1) is 0 Å². The van der Waals surface area contributed by atoms with E-state index in [2.05, 4.69) is 15.9 Å². The van der Waals surface area contributed by atoms with Crippen LogP contribution in [0.1, 0.15) is 28.4 Å². The molecule has 88 valence electrons. The molecule has 0 bridgehead atoms. The van der Waals surface area contributed by atoms with Crippen LogP contribution in [0.25, 0.3) is 0 Å². The molecule has 5 heteroatoms. The van der Waals surface area contributed by atoms with Gasteiger partial charge in [0, 0.05) is 0 Å². The maximum Gasteiger partial charge on any atom is 0.307 e. The summed E-state index contributed by atoms with van der Waals surface area (Å²) in [6, 6.07) is 6.76. The van der Waals surface area contributed by atoms with E-state index >= 15 is 0 Å². The smallest absolute Gasteiger partial charge is 0.307 e. The second kappa shape index (κ2) is 5.60. The van der Waals surface area contributed by atoms with Gasteiger partial charge in [-0.1, -0.05) is 28.1 Å². The molecule has 1 atom stereocenters. The van der Waals surface area contributed by atoms with Gasteiger partial charge < -0.3 is 5.11 Å². The lowest BCUT2D eigenvalue weighted by Gasteiger charge is -2.13. The Morgan fingerprint density at radius 2 is 2.18 bits per heavy atom. The van der Waals surface area contributed by atoms with Gasteiger partial charge in [-0.25, -0.2) is 0 Å². The Morgan fingerprint density at radius 3 is 2.65 bits per heavy atom. The maximum absolute atomic E-state index is 11.3. The molecule has 1 rings (SSSR count). The number of benzene rings is 1. The highest BCUT2D eigenvalue weighted by Gasteiger charge is 2.21. The molecule has 0 radical (unpaired) electrons. The minimum Gasteiger partial charge on any atom is -0.481 e. The van der Waals surface area contributed by atoms with E-state index in [0.29, 0.717) is 16.7 Å². The second-order valence-electron chi connectivity index (χ2n) is 3.53. The van der Waals surface area contributed by atoms with Crippen molar-refractivity contribution in [2.24, 2.45) is 0 Å². The fourth-order valence-electron chi connectivity index (χ4n) is 1.53. The Hall–Kier alpha value is -1.67. The maximum atomic E-state index is 11.3. The van der Waals surface area contributed by atoms with Crippen molar-refractivity contribution >= 4 is 27.7 Å². The first kappa shape index (κ1) is 13.4. The fraction of sp³-hybridized carbons (Fsp3) is 0.250. The van der Waals surface area contributed by atoms with Crippen LogP contribution < -0.4 is 0 Å². The average molecular weight is 296 g/mol. The molecule has 0 aliphatic carbocycles. The Morgan fingerprint density at radius 1 is 1.53 bits per heavy atom. The lowest BCUT2D eigenvalue weighted by molar-refractivity contribution is -0.136. The third kappa shape index (κ3) is 3.14. The average Bonchev–Trinajstić information content (AvgIpc) is 2.26. The third-order valence-corrected chi connectivity index (χ3v) is 3.37. The van der Waals surface area contributed by atoms with Crippen molar-refractivity contribution in [2.75, 3.05) is 0 Å². The number of alkyl halides is 1. The first-order chi connectivity index (χ1) is 7.97. The molecule has 0 spiro atoms. The SMILES string of the molecule is CC(=O)C(Br)c1c(C#N)cccc1CC(=O)O. The number of carboxylic acids is 1. The van der Waals surface area contributed by atoms with Crippen molar-refractivity contribution < 1.29 is 14.7 Å². The minimum absolute atomic E-state index is 0.167. The standard InChI is InChI=1S/C12H10BrNO3/c1-7(15)12(13)11-8(5-10(16)17)3-2-4-9(11)6-14/h2-4,12H,5H2,1H3,(H,16,17). The quantitative estimate of drug-likeness (QED) is 0.864. The predicted octanol–water partition coefficient (Wildman–Crippen LogP) is 2.21. The number of nitriles is 1. The van der Waals surface area contributed by atoms with Crippen LogP contribution >= 0.6 is 15.9 Å². The number of hydrogen-bond donors (Lipinski definition) is 1. The number of hydrogen-bond acceptors (Lipinski definition) is 3. The van der Waals surface area contributed by atoms with Crippen LogP contribution in [-0.4, -0.2) is 16.9 Å². The van der Waals surface area contributed by atoms with Gasteiger partial charge in [0.05, 0.1) is 22.9 Å². The van der Waals surface area contributed by atoms with Crippen molar-refractivity contribution in [1.82, 2.24) is 0 Å². The topological polar surface area (TPSA) is 78.2 Å². The van der Waals surface area contributed by atoms with E-state index in [1.807, 2.05) is 6.07 Å². The highest BCUT2D eigenvalue weighted by molar-refractivity contribution is 9.09. The number of halogens is 1. The van der Waals surface area contributed by atoms with E-state index in [0.717, 1.165) is 0 Å². The van der Waals surface area contributed by atoms with Gasteiger partial charge in [-0.05, 0) is 24.1 Å².